The Bertz CT molecular complexity index is 476. The van der Waals surface area contributed by atoms with E-state index in [0.29, 0.717) is 0 Å². The molecule has 0 aliphatic carbocycles. The van der Waals surface area contributed by atoms with E-state index < -0.39 is 24.1 Å². The van der Waals surface area contributed by atoms with Crippen LogP contribution in [0.25, 0.3) is 0 Å². The minimum Gasteiger partial charge on any atom is -0.481 e. The molecule has 0 spiro atoms. The van der Waals surface area contributed by atoms with Gasteiger partial charge in [-0.05, 0) is 5.56 Å². The molecule has 1 aliphatic heterocycles. The Hall–Kier alpha value is -2.08. The summed E-state index contributed by atoms with van der Waals surface area (Å²) in [6.45, 7) is 0.522. The number of nitrogens with zero attached hydrogens (tertiary/aromatic N) is 1. The molecule has 1 aliphatic rings. The number of carbonyl (C=O) groups excluding carboxylic acids is 1. The largest absolute Gasteiger partial charge is 0.481 e. The van der Waals surface area contributed by atoms with Crippen LogP contribution in [0.15, 0.2) is 30.3 Å². The molecule has 6 heteroatoms. The number of aliphatic carboxylic acids is 1. The van der Waals surface area contributed by atoms with E-state index in [1.54, 1.807) is 0 Å². The molecular formula is C14H17NO5. The van der Waals surface area contributed by atoms with Crippen molar-refractivity contribution in [3.8, 4) is 0 Å². The van der Waals surface area contributed by atoms with Crippen molar-refractivity contribution < 1.29 is 24.2 Å². The van der Waals surface area contributed by atoms with Crippen LogP contribution in [0.4, 0.5) is 4.79 Å². The highest BCUT2D eigenvalue weighted by Crippen LogP contribution is 2.20. The van der Waals surface area contributed by atoms with Crippen LogP contribution in [0.5, 0.6) is 0 Å². The van der Waals surface area contributed by atoms with Gasteiger partial charge in [0.25, 0.3) is 0 Å². The summed E-state index contributed by atoms with van der Waals surface area (Å²) < 4.78 is 10.3. The first-order valence-electron chi connectivity index (χ1n) is 6.33. The van der Waals surface area contributed by atoms with Gasteiger partial charge < -0.3 is 19.5 Å². The van der Waals surface area contributed by atoms with Gasteiger partial charge in [-0.15, -0.1) is 0 Å². The van der Waals surface area contributed by atoms with E-state index >= 15 is 0 Å². The molecule has 1 N–H and O–H groups in total. The number of ether oxygens (including phenoxy) is 2. The average Bonchev–Trinajstić information content (AvgIpc) is 2.90. The molecule has 2 atom stereocenters. The fraction of sp³-hybridized carbons (Fsp3) is 0.429. The molecule has 20 heavy (non-hydrogen) atoms. The van der Waals surface area contributed by atoms with E-state index in [4.69, 9.17) is 14.6 Å². The third-order valence-corrected chi connectivity index (χ3v) is 3.35. The summed E-state index contributed by atoms with van der Waals surface area (Å²) in [7, 11) is 1.44. The first-order valence-corrected chi connectivity index (χ1v) is 6.33. The number of benzene rings is 1. The molecule has 6 nitrogen and oxygen atoms in total. The van der Waals surface area contributed by atoms with Crippen molar-refractivity contribution in [1.29, 1.82) is 0 Å². The molecule has 0 radical (unpaired) electrons. The topological polar surface area (TPSA) is 76.1 Å². The van der Waals surface area contributed by atoms with Gasteiger partial charge >= 0.3 is 12.1 Å². The van der Waals surface area contributed by atoms with E-state index in [2.05, 4.69) is 0 Å². The lowest BCUT2D eigenvalue weighted by Crippen LogP contribution is -2.30. The van der Waals surface area contributed by atoms with Crippen molar-refractivity contribution in [2.24, 2.45) is 5.92 Å². The molecule has 0 bridgehead atoms. The molecule has 0 aromatic heterocycles. The molecule has 1 aromatic carbocycles. The van der Waals surface area contributed by atoms with Gasteiger partial charge in [0.15, 0.2) is 0 Å². The fourth-order valence-electron chi connectivity index (χ4n) is 2.21. The Kier molecular flexibility index (Phi) is 4.57. The Morgan fingerprint density at radius 1 is 1.30 bits per heavy atom. The predicted molar refractivity (Wildman–Crippen MR) is 70.1 cm³/mol. The molecule has 1 amide bonds. The molecule has 1 heterocycles. The van der Waals surface area contributed by atoms with Gasteiger partial charge in [0.2, 0.25) is 0 Å². The van der Waals surface area contributed by atoms with Crippen LogP contribution in [-0.4, -0.2) is 48.4 Å². The van der Waals surface area contributed by atoms with E-state index in [9.17, 15) is 9.59 Å². The minimum atomic E-state index is -0.963. The van der Waals surface area contributed by atoms with Gasteiger partial charge in [-0.2, -0.15) is 0 Å². The second-order valence-electron chi connectivity index (χ2n) is 4.66. The lowest BCUT2D eigenvalue weighted by molar-refractivity contribution is -0.144. The zero-order valence-electron chi connectivity index (χ0n) is 11.2. The maximum Gasteiger partial charge on any atom is 0.410 e. The smallest absolute Gasteiger partial charge is 0.410 e. The third-order valence-electron chi connectivity index (χ3n) is 3.35. The molecule has 1 saturated heterocycles. The molecule has 1 fully saturated rings. The number of likely N-dealkylation sites (tertiary alicyclic amines) is 1. The highest BCUT2D eigenvalue weighted by molar-refractivity contribution is 5.75. The fourth-order valence-corrected chi connectivity index (χ4v) is 2.21. The van der Waals surface area contributed by atoms with Crippen LogP contribution < -0.4 is 0 Å². The normalized spacial score (nSPS) is 21.8. The van der Waals surface area contributed by atoms with Gasteiger partial charge in [-0.3, -0.25) is 4.79 Å². The van der Waals surface area contributed by atoms with Crippen LogP contribution in [-0.2, 0) is 20.9 Å². The maximum absolute atomic E-state index is 11.9. The summed E-state index contributed by atoms with van der Waals surface area (Å²) in [6.07, 6.45) is -1.00. The maximum atomic E-state index is 11.9. The molecule has 1 aromatic rings. The highest BCUT2D eigenvalue weighted by atomic mass is 16.6. The number of methoxy groups -OCH3 is 1. The summed E-state index contributed by atoms with van der Waals surface area (Å²) in [5, 5.41) is 9.06. The highest BCUT2D eigenvalue weighted by Gasteiger charge is 2.40. The minimum absolute atomic E-state index is 0.113. The van der Waals surface area contributed by atoms with Crippen LogP contribution in [0.2, 0.25) is 0 Å². The first-order chi connectivity index (χ1) is 9.61. The van der Waals surface area contributed by atoms with Gasteiger partial charge in [0.05, 0.1) is 12.6 Å². The quantitative estimate of drug-likeness (QED) is 0.900. The van der Waals surface area contributed by atoms with Crippen LogP contribution in [0.3, 0.4) is 0 Å². The molecule has 0 saturated carbocycles. The predicted octanol–water partition coefficient (Wildman–Crippen LogP) is 1.35. The van der Waals surface area contributed by atoms with E-state index in [-0.39, 0.29) is 19.7 Å². The monoisotopic (exact) mass is 279 g/mol. The Labute approximate surface area is 116 Å². The Balaban J connectivity index is 1.89. The number of carboxylic acids is 1. The number of rotatable bonds is 4. The second kappa shape index (κ2) is 6.38. The first kappa shape index (κ1) is 14.3. The van der Waals surface area contributed by atoms with Crippen molar-refractivity contribution >= 4 is 12.1 Å². The van der Waals surface area contributed by atoms with Crippen molar-refractivity contribution in [3.05, 3.63) is 35.9 Å². The van der Waals surface area contributed by atoms with Crippen LogP contribution >= 0.6 is 0 Å². The van der Waals surface area contributed by atoms with Gasteiger partial charge in [-0.25, -0.2) is 4.79 Å². The number of hydrogen-bond donors (Lipinski definition) is 1. The molecule has 0 unspecified atom stereocenters. The van der Waals surface area contributed by atoms with Gasteiger partial charge in [0.1, 0.15) is 12.5 Å². The lowest BCUT2D eigenvalue weighted by Gasteiger charge is -2.15. The zero-order chi connectivity index (χ0) is 14.5. The SMILES string of the molecule is CO[C@@H]1CN(C(=O)OCc2ccccc2)C[C@H]1C(=O)O. The summed E-state index contributed by atoms with van der Waals surface area (Å²) in [4.78, 5) is 24.3. The molecular weight excluding hydrogens is 262 g/mol. The molecule has 108 valence electrons. The van der Waals surface area contributed by atoms with Crippen molar-refractivity contribution in [3.63, 3.8) is 0 Å². The van der Waals surface area contributed by atoms with Gasteiger partial charge in [-0.1, -0.05) is 30.3 Å². The molecule has 2 rings (SSSR count). The van der Waals surface area contributed by atoms with E-state index in [1.165, 1.54) is 12.0 Å². The Morgan fingerprint density at radius 3 is 2.55 bits per heavy atom. The number of amides is 1. The zero-order valence-corrected chi connectivity index (χ0v) is 11.2. The second-order valence-corrected chi connectivity index (χ2v) is 4.66. The van der Waals surface area contributed by atoms with Crippen molar-refractivity contribution in [2.45, 2.75) is 12.7 Å². The van der Waals surface area contributed by atoms with Crippen LogP contribution in [0, 0.1) is 5.92 Å². The summed E-state index contributed by atoms with van der Waals surface area (Å²) >= 11 is 0. The van der Waals surface area contributed by atoms with Gasteiger partial charge in [0, 0.05) is 13.7 Å². The third kappa shape index (κ3) is 3.27. The van der Waals surface area contributed by atoms with E-state index in [1.807, 2.05) is 30.3 Å². The Morgan fingerprint density at radius 2 is 2.00 bits per heavy atom. The number of carbonyl (C=O) groups is 2. The van der Waals surface area contributed by atoms with E-state index in [0.717, 1.165) is 5.56 Å². The van der Waals surface area contributed by atoms with Crippen LogP contribution in [0.1, 0.15) is 5.56 Å². The summed E-state index contributed by atoms with van der Waals surface area (Å²) in [6, 6.07) is 9.32. The van der Waals surface area contributed by atoms with Crippen molar-refractivity contribution in [2.75, 3.05) is 20.2 Å². The number of hydrogen-bond acceptors (Lipinski definition) is 4. The standard InChI is InChI=1S/C14H17NO5/c1-19-12-8-15(7-11(12)13(16)17)14(18)20-9-10-5-3-2-4-6-10/h2-6,11-12H,7-9H2,1H3,(H,16,17)/t11-,12-/m1/s1. The average molecular weight is 279 g/mol. The van der Waals surface area contributed by atoms with Crippen molar-refractivity contribution in [1.82, 2.24) is 4.90 Å². The number of carboxylic acid groups (broad SMARTS) is 1. The summed E-state index contributed by atoms with van der Waals surface area (Å²) in [5.74, 6) is -1.67. The lowest BCUT2D eigenvalue weighted by atomic mass is 10.1. The summed E-state index contributed by atoms with van der Waals surface area (Å²) in [5.41, 5.74) is 0.887.